The molecule has 0 spiro atoms. The first-order valence-corrected chi connectivity index (χ1v) is 5.48. The van der Waals surface area contributed by atoms with Crippen molar-refractivity contribution in [2.75, 3.05) is 13.1 Å². The summed E-state index contributed by atoms with van der Waals surface area (Å²) in [5.74, 6) is 0. The fourth-order valence-electron chi connectivity index (χ4n) is 2.12. The average molecular weight is 245 g/mol. The maximum absolute atomic E-state index is 12.5. The molecule has 2 nitrogen and oxygen atoms in total. The summed E-state index contributed by atoms with van der Waals surface area (Å²) in [6, 6.07) is 5.15. The van der Waals surface area contributed by atoms with Gasteiger partial charge in [-0.2, -0.15) is 13.2 Å². The zero-order valence-electron chi connectivity index (χ0n) is 9.22. The number of hydrogen-bond acceptors (Lipinski definition) is 2. The van der Waals surface area contributed by atoms with Crippen molar-refractivity contribution in [3.05, 3.63) is 35.4 Å². The Hall–Kier alpha value is -1.07. The van der Waals surface area contributed by atoms with Crippen molar-refractivity contribution in [1.82, 2.24) is 5.32 Å². The maximum atomic E-state index is 12.5. The van der Waals surface area contributed by atoms with Gasteiger partial charge in [0.25, 0.3) is 0 Å². The lowest BCUT2D eigenvalue weighted by atomic mass is 9.93. The van der Waals surface area contributed by atoms with Gasteiger partial charge in [-0.25, -0.2) is 0 Å². The molecule has 1 fully saturated rings. The Labute approximate surface area is 97.5 Å². The minimum atomic E-state index is -4.33. The third kappa shape index (κ3) is 2.98. The van der Waals surface area contributed by atoms with Crippen molar-refractivity contribution in [2.24, 2.45) is 0 Å². The molecule has 0 bridgehead atoms. The molecule has 2 rings (SSSR count). The van der Waals surface area contributed by atoms with E-state index in [4.69, 9.17) is 0 Å². The second kappa shape index (κ2) is 4.31. The van der Waals surface area contributed by atoms with E-state index in [0.717, 1.165) is 12.1 Å². The van der Waals surface area contributed by atoms with Crippen molar-refractivity contribution >= 4 is 0 Å². The van der Waals surface area contributed by atoms with Crippen LogP contribution in [0.25, 0.3) is 0 Å². The van der Waals surface area contributed by atoms with Gasteiger partial charge < -0.3 is 10.4 Å². The smallest absolute Gasteiger partial charge is 0.388 e. The topological polar surface area (TPSA) is 32.3 Å². The highest BCUT2D eigenvalue weighted by Gasteiger charge is 2.33. The molecule has 2 N–H and O–H groups in total. The van der Waals surface area contributed by atoms with E-state index in [2.05, 4.69) is 5.32 Å². The van der Waals surface area contributed by atoms with E-state index in [1.807, 2.05) is 0 Å². The standard InChI is InChI=1S/C12H14F3NO/c13-12(14,15)10-3-1-2-9(6-10)7-11(17)4-5-16-8-11/h1-3,6,16-17H,4-5,7-8H2. The number of nitrogens with one attached hydrogen (secondary N) is 1. The molecule has 0 amide bonds. The van der Waals surface area contributed by atoms with Gasteiger partial charge >= 0.3 is 6.18 Å². The number of hydrogen-bond donors (Lipinski definition) is 2. The van der Waals surface area contributed by atoms with Crippen LogP contribution in [0.5, 0.6) is 0 Å². The van der Waals surface area contributed by atoms with Crippen molar-refractivity contribution in [3.8, 4) is 0 Å². The first-order chi connectivity index (χ1) is 7.89. The first-order valence-electron chi connectivity index (χ1n) is 5.48. The molecule has 1 aromatic carbocycles. The van der Waals surface area contributed by atoms with Crippen molar-refractivity contribution < 1.29 is 18.3 Å². The van der Waals surface area contributed by atoms with Crippen LogP contribution in [0.4, 0.5) is 13.2 Å². The second-order valence-corrected chi connectivity index (χ2v) is 4.53. The zero-order valence-corrected chi connectivity index (χ0v) is 9.22. The lowest BCUT2D eigenvalue weighted by Crippen LogP contribution is -2.33. The molecule has 0 aromatic heterocycles. The SMILES string of the molecule is OC1(Cc2cccc(C(F)(F)F)c2)CCNC1. The Balaban J connectivity index is 2.17. The summed E-state index contributed by atoms with van der Waals surface area (Å²) in [6.07, 6.45) is -3.50. The van der Waals surface area contributed by atoms with Gasteiger partial charge in [-0.3, -0.25) is 0 Å². The van der Waals surface area contributed by atoms with Crippen LogP contribution < -0.4 is 5.32 Å². The monoisotopic (exact) mass is 245 g/mol. The molecule has 1 unspecified atom stereocenters. The molecule has 17 heavy (non-hydrogen) atoms. The highest BCUT2D eigenvalue weighted by molar-refractivity contribution is 5.27. The van der Waals surface area contributed by atoms with Gasteiger partial charge in [-0.15, -0.1) is 0 Å². The minimum absolute atomic E-state index is 0.254. The third-order valence-electron chi connectivity index (χ3n) is 3.01. The number of β-amino-alcohol motifs (C(OH)–C–C–N with tert-alkyl or cyclic N) is 1. The van der Waals surface area contributed by atoms with Crippen LogP contribution in [-0.4, -0.2) is 23.8 Å². The van der Waals surface area contributed by atoms with E-state index in [-0.39, 0.29) is 6.42 Å². The Kier molecular flexibility index (Phi) is 3.14. The van der Waals surface area contributed by atoms with Gasteiger partial charge in [-0.05, 0) is 24.6 Å². The Morgan fingerprint density at radius 1 is 1.35 bits per heavy atom. The summed E-state index contributed by atoms with van der Waals surface area (Å²) >= 11 is 0. The molecule has 1 atom stereocenters. The van der Waals surface area contributed by atoms with Gasteiger partial charge in [-0.1, -0.05) is 18.2 Å². The highest BCUT2D eigenvalue weighted by Crippen LogP contribution is 2.30. The lowest BCUT2D eigenvalue weighted by Gasteiger charge is -2.21. The number of alkyl halides is 3. The van der Waals surface area contributed by atoms with E-state index < -0.39 is 17.3 Å². The first kappa shape index (κ1) is 12.4. The maximum Gasteiger partial charge on any atom is 0.416 e. The number of benzene rings is 1. The van der Waals surface area contributed by atoms with Crippen molar-refractivity contribution in [1.29, 1.82) is 0 Å². The van der Waals surface area contributed by atoms with Gasteiger partial charge in [0.2, 0.25) is 0 Å². The predicted octanol–water partition coefficient (Wildman–Crippen LogP) is 1.97. The Morgan fingerprint density at radius 3 is 2.71 bits per heavy atom. The van der Waals surface area contributed by atoms with Gasteiger partial charge in [0.1, 0.15) is 0 Å². The fourth-order valence-corrected chi connectivity index (χ4v) is 2.12. The molecule has 94 valence electrons. The second-order valence-electron chi connectivity index (χ2n) is 4.53. The molecule has 0 aliphatic carbocycles. The summed E-state index contributed by atoms with van der Waals surface area (Å²) in [7, 11) is 0. The lowest BCUT2D eigenvalue weighted by molar-refractivity contribution is -0.137. The van der Waals surface area contributed by atoms with Crippen LogP contribution in [0.2, 0.25) is 0 Å². The van der Waals surface area contributed by atoms with E-state index in [0.29, 0.717) is 25.1 Å². The largest absolute Gasteiger partial charge is 0.416 e. The minimum Gasteiger partial charge on any atom is -0.388 e. The normalized spacial score (nSPS) is 25.2. The highest BCUT2D eigenvalue weighted by atomic mass is 19.4. The molecule has 1 aromatic rings. The van der Waals surface area contributed by atoms with Crippen LogP contribution in [0.1, 0.15) is 17.5 Å². The molecule has 1 aliphatic rings. The van der Waals surface area contributed by atoms with E-state index in [1.54, 1.807) is 6.07 Å². The van der Waals surface area contributed by atoms with E-state index in [1.165, 1.54) is 6.07 Å². The summed E-state index contributed by atoms with van der Waals surface area (Å²) in [6.45, 7) is 1.14. The number of rotatable bonds is 2. The molecular weight excluding hydrogens is 231 g/mol. The quantitative estimate of drug-likeness (QED) is 0.835. The van der Waals surface area contributed by atoms with Crippen LogP contribution in [0.3, 0.4) is 0 Å². The van der Waals surface area contributed by atoms with E-state index in [9.17, 15) is 18.3 Å². The molecule has 1 heterocycles. The number of halogens is 3. The van der Waals surface area contributed by atoms with Crippen molar-refractivity contribution in [3.63, 3.8) is 0 Å². The average Bonchev–Trinajstić information content (AvgIpc) is 2.64. The van der Waals surface area contributed by atoms with Crippen LogP contribution in [-0.2, 0) is 12.6 Å². The van der Waals surface area contributed by atoms with Crippen molar-refractivity contribution in [2.45, 2.75) is 24.6 Å². The molecule has 5 heteroatoms. The number of aliphatic hydroxyl groups is 1. The molecule has 0 radical (unpaired) electrons. The van der Waals surface area contributed by atoms with Crippen LogP contribution in [0, 0.1) is 0 Å². The summed E-state index contributed by atoms with van der Waals surface area (Å²) in [5.41, 5.74) is -1.06. The fraction of sp³-hybridized carbons (Fsp3) is 0.500. The molecular formula is C12H14F3NO. The predicted molar refractivity (Wildman–Crippen MR) is 57.6 cm³/mol. The zero-order chi connectivity index (χ0) is 12.5. The van der Waals surface area contributed by atoms with Gasteiger partial charge in [0, 0.05) is 13.0 Å². The summed E-state index contributed by atoms with van der Waals surface area (Å²) < 4.78 is 37.5. The molecule has 0 saturated carbocycles. The molecule has 1 aliphatic heterocycles. The Bertz CT molecular complexity index is 397. The summed E-state index contributed by atoms with van der Waals surface area (Å²) in [5, 5.41) is 13.1. The van der Waals surface area contributed by atoms with Crippen LogP contribution in [0.15, 0.2) is 24.3 Å². The van der Waals surface area contributed by atoms with Crippen LogP contribution >= 0.6 is 0 Å². The molecule has 1 saturated heterocycles. The third-order valence-corrected chi connectivity index (χ3v) is 3.01. The summed E-state index contributed by atoms with van der Waals surface area (Å²) in [4.78, 5) is 0. The van der Waals surface area contributed by atoms with Gasteiger partial charge in [0.05, 0.1) is 11.2 Å². The van der Waals surface area contributed by atoms with Gasteiger partial charge in [0.15, 0.2) is 0 Å². The Morgan fingerprint density at radius 2 is 2.12 bits per heavy atom. The van der Waals surface area contributed by atoms with E-state index >= 15 is 0 Å².